The van der Waals surface area contributed by atoms with E-state index >= 15 is 0 Å². The van der Waals surface area contributed by atoms with Crippen molar-refractivity contribution in [2.24, 2.45) is 5.92 Å². The smallest absolute Gasteiger partial charge is 0.325 e. The van der Waals surface area contributed by atoms with E-state index in [1.807, 2.05) is 26.0 Å². The first-order chi connectivity index (χ1) is 13.8. The number of likely N-dealkylation sites (tertiary alicyclic amines) is 1. The van der Waals surface area contributed by atoms with Crippen LogP contribution in [0.25, 0.3) is 0 Å². The number of aryl methyl sites for hydroxylation is 2. The van der Waals surface area contributed by atoms with Crippen molar-refractivity contribution < 1.29 is 23.9 Å². The van der Waals surface area contributed by atoms with Gasteiger partial charge in [-0.25, -0.2) is 4.79 Å². The largest absolute Gasteiger partial charge is 0.455 e. The van der Waals surface area contributed by atoms with Crippen LogP contribution in [0.2, 0.25) is 0 Å². The van der Waals surface area contributed by atoms with E-state index in [1.165, 1.54) is 0 Å². The molecule has 1 heterocycles. The molecular formula is C21H27N3O5. The van der Waals surface area contributed by atoms with Crippen molar-refractivity contribution in [1.29, 1.82) is 0 Å². The van der Waals surface area contributed by atoms with Gasteiger partial charge in [-0.2, -0.15) is 0 Å². The van der Waals surface area contributed by atoms with Crippen molar-refractivity contribution in [1.82, 2.24) is 10.2 Å². The van der Waals surface area contributed by atoms with Gasteiger partial charge in [-0.3, -0.25) is 19.7 Å². The number of imide groups is 1. The first-order valence-electron chi connectivity index (χ1n) is 9.97. The summed E-state index contributed by atoms with van der Waals surface area (Å²) in [5, 5.41) is 4.73. The Morgan fingerprint density at radius 2 is 1.90 bits per heavy atom. The van der Waals surface area contributed by atoms with Crippen molar-refractivity contribution in [3.05, 3.63) is 29.3 Å². The van der Waals surface area contributed by atoms with E-state index in [2.05, 4.69) is 10.6 Å². The van der Waals surface area contributed by atoms with Crippen LogP contribution in [-0.2, 0) is 19.1 Å². The van der Waals surface area contributed by atoms with Crippen LogP contribution in [0.3, 0.4) is 0 Å². The van der Waals surface area contributed by atoms with Crippen LogP contribution in [0.4, 0.5) is 10.5 Å². The van der Waals surface area contributed by atoms with Crippen LogP contribution in [0.1, 0.15) is 43.2 Å². The number of anilines is 1. The number of carbonyl (C=O) groups excluding carboxylic acids is 4. The van der Waals surface area contributed by atoms with Crippen LogP contribution in [0.5, 0.6) is 0 Å². The van der Waals surface area contributed by atoms with Gasteiger partial charge >= 0.3 is 12.0 Å². The Morgan fingerprint density at radius 1 is 1.17 bits per heavy atom. The predicted molar refractivity (Wildman–Crippen MR) is 106 cm³/mol. The number of urea groups is 1. The highest BCUT2D eigenvalue weighted by atomic mass is 16.5. The molecule has 0 radical (unpaired) electrons. The molecule has 0 unspecified atom stereocenters. The van der Waals surface area contributed by atoms with Crippen molar-refractivity contribution >= 4 is 29.5 Å². The second-order valence-corrected chi connectivity index (χ2v) is 7.81. The van der Waals surface area contributed by atoms with Gasteiger partial charge in [-0.1, -0.05) is 30.5 Å². The number of nitrogens with zero attached hydrogens (tertiary/aromatic N) is 1. The van der Waals surface area contributed by atoms with Crippen LogP contribution in [0, 0.1) is 19.8 Å². The predicted octanol–water partition coefficient (Wildman–Crippen LogP) is 2.29. The number of carbonyl (C=O) groups is 4. The summed E-state index contributed by atoms with van der Waals surface area (Å²) in [7, 11) is 0. The summed E-state index contributed by atoms with van der Waals surface area (Å²) < 4.78 is 5.03. The molecule has 1 saturated heterocycles. The summed E-state index contributed by atoms with van der Waals surface area (Å²) >= 11 is 0. The number of benzene rings is 1. The zero-order valence-electron chi connectivity index (χ0n) is 16.8. The fraction of sp³-hybridized carbons (Fsp3) is 0.524. The lowest BCUT2D eigenvalue weighted by atomic mass is 10.1. The van der Waals surface area contributed by atoms with Gasteiger partial charge in [-0.05, 0) is 38.3 Å². The molecule has 2 aliphatic rings. The Bertz CT molecular complexity index is 817. The SMILES string of the molecule is Cc1ccc(NC(=O)NC(=O)COC(=O)[C@H]2CC(=O)N(C3CCCC3)C2)c(C)c1. The Morgan fingerprint density at radius 3 is 2.59 bits per heavy atom. The molecule has 1 aromatic carbocycles. The molecule has 156 valence electrons. The summed E-state index contributed by atoms with van der Waals surface area (Å²) in [4.78, 5) is 50.0. The fourth-order valence-corrected chi connectivity index (χ4v) is 3.98. The topological polar surface area (TPSA) is 105 Å². The van der Waals surface area contributed by atoms with Gasteiger partial charge in [0.1, 0.15) is 0 Å². The summed E-state index contributed by atoms with van der Waals surface area (Å²) in [6, 6.07) is 5.04. The molecule has 4 amide bonds. The third-order valence-electron chi connectivity index (χ3n) is 5.49. The highest BCUT2D eigenvalue weighted by Crippen LogP contribution is 2.29. The first-order valence-corrected chi connectivity index (χ1v) is 9.97. The molecule has 8 heteroatoms. The van der Waals surface area contributed by atoms with Crippen molar-refractivity contribution in [3.8, 4) is 0 Å². The van der Waals surface area contributed by atoms with E-state index in [0.29, 0.717) is 12.2 Å². The van der Waals surface area contributed by atoms with Crippen LogP contribution >= 0.6 is 0 Å². The number of nitrogens with one attached hydrogen (secondary N) is 2. The molecule has 0 aromatic heterocycles. The lowest BCUT2D eigenvalue weighted by Gasteiger charge is -2.23. The molecule has 0 bridgehead atoms. The number of amides is 4. The van der Waals surface area contributed by atoms with Crippen LogP contribution in [0.15, 0.2) is 18.2 Å². The van der Waals surface area contributed by atoms with Gasteiger partial charge in [0.2, 0.25) is 5.91 Å². The van der Waals surface area contributed by atoms with Crippen LogP contribution in [-0.4, -0.2) is 47.9 Å². The van der Waals surface area contributed by atoms with Gasteiger partial charge in [0.25, 0.3) is 5.91 Å². The minimum atomic E-state index is -0.724. The second-order valence-electron chi connectivity index (χ2n) is 7.81. The summed E-state index contributed by atoms with van der Waals surface area (Å²) in [6.45, 7) is 3.58. The van der Waals surface area contributed by atoms with E-state index in [0.717, 1.165) is 36.8 Å². The minimum absolute atomic E-state index is 0.0313. The normalized spacial score (nSPS) is 19.3. The molecule has 1 aliphatic carbocycles. The van der Waals surface area contributed by atoms with E-state index in [9.17, 15) is 19.2 Å². The molecule has 1 aliphatic heterocycles. The number of ether oxygens (including phenoxy) is 1. The molecule has 3 rings (SSSR count). The average molecular weight is 401 g/mol. The maximum Gasteiger partial charge on any atom is 0.325 e. The fourth-order valence-electron chi connectivity index (χ4n) is 3.98. The van der Waals surface area contributed by atoms with Crippen molar-refractivity contribution in [2.75, 3.05) is 18.5 Å². The Hall–Kier alpha value is -2.90. The maximum atomic E-state index is 12.2. The van der Waals surface area contributed by atoms with Gasteiger partial charge in [0.15, 0.2) is 6.61 Å². The maximum absolute atomic E-state index is 12.2. The van der Waals surface area contributed by atoms with Gasteiger partial charge < -0.3 is 15.0 Å². The monoisotopic (exact) mass is 401 g/mol. The standard InChI is InChI=1S/C21H27N3O5/c1-13-7-8-17(14(2)9-13)22-21(28)23-18(25)12-29-20(27)15-10-19(26)24(11-15)16-5-3-4-6-16/h7-9,15-16H,3-6,10-12H2,1-2H3,(H2,22,23,25,28)/t15-/m0/s1. The number of esters is 1. The summed E-state index contributed by atoms with van der Waals surface area (Å²) in [5.74, 6) is -1.89. The third-order valence-corrected chi connectivity index (χ3v) is 5.49. The molecule has 1 atom stereocenters. The lowest BCUT2D eigenvalue weighted by Crippen LogP contribution is -2.38. The van der Waals surface area contributed by atoms with Gasteiger partial charge in [0, 0.05) is 24.7 Å². The number of hydrogen-bond acceptors (Lipinski definition) is 5. The molecule has 2 N–H and O–H groups in total. The number of rotatable bonds is 5. The lowest BCUT2D eigenvalue weighted by molar-refractivity contribution is -0.152. The highest BCUT2D eigenvalue weighted by Gasteiger charge is 2.39. The van der Waals surface area contributed by atoms with E-state index in [4.69, 9.17) is 4.74 Å². The molecule has 1 saturated carbocycles. The van der Waals surface area contributed by atoms with E-state index in [-0.39, 0.29) is 18.4 Å². The van der Waals surface area contributed by atoms with Gasteiger partial charge in [-0.15, -0.1) is 0 Å². The second kappa shape index (κ2) is 9.07. The number of hydrogen-bond donors (Lipinski definition) is 2. The minimum Gasteiger partial charge on any atom is -0.455 e. The zero-order chi connectivity index (χ0) is 21.0. The van der Waals surface area contributed by atoms with Crippen molar-refractivity contribution in [2.45, 2.75) is 52.0 Å². The Labute approximate surface area is 170 Å². The molecule has 29 heavy (non-hydrogen) atoms. The highest BCUT2D eigenvalue weighted by molar-refractivity contribution is 6.02. The third kappa shape index (κ3) is 5.34. The molecule has 2 fully saturated rings. The molecule has 0 spiro atoms. The van der Waals surface area contributed by atoms with E-state index in [1.54, 1.807) is 11.0 Å². The van der Waals surface area contributed by atoms with Gasteiger partial charge in [0.05, 0.1) is 5.92 Å². The van der Waals surface area contributed by atoms with Crippen molar-refractivity contribution in [3.63, 3.8) is 0 Å². The average Bonchev–Trinajstić information content (AvgIpc) is 3.31. The summed E-state index contributed by atoms with van der Waals surface area (Å²) in [6.07, 6.45) is 4.28. The molecule has 1 aromatic rings. The van der Waals surface area contributed by atoms with Crippen LogP contribution < -0.4 is 10.6 Å². The quantitative estimate of drug-likeness (QED) is 0.737. The zero-order valence-corrected chi connectivity index (χ0v) is 16.8. The molecule has 8 nitrogen and oxygen atoms in total. The Balaban J connectivity index is 1.42. The van der Waals surface area contributed by atoms with E-state index < -0.39 is 30.4 Å². The molecular weight excluding hydrogens is 374 g/mol. The first kappa shape index (κ1) is 20.8. The summed E-state index contributed by atoms with van der Waals surface area (Å²) in [5.41, 5.74) is 2.53. The Kier molecular flexibility index (Phi) is 6.51.